The molecule has 0 radical (unpaired) electrons. The number of rotatable bonds is 7. The van der Waals surface area contributed by atoms with E-state index < -0.39 is 11.7 Å². The molecule has 0 saturated carbocycles. The Balaban J connectivity index is 2.03. The third kappa shape index (κ3) is 4.58. The molecule has 1 aromatic heterocycles. The lowest BCUT2D eigenvalue weighted by atomic mass is 10.1. The zero-order chi connectivity index (χ0) is 16.8. The van der Waals surface area contributed by atoms with Gasteiger partial charge in [0.15, 0.2) is 6.10 Å². The molecule has 23 heavy (non-hydrogen) atoms. The first-order valence-corrected chi connectivity index (χ1v) is 8.00. The molecule has 124 valence electrons. The van der Waals surface area contributed by atoms with Crippen LogP contribution in [0, 0.1) is 6.92 Å². The molecule has 1 unspecified atom stereocenters. The smallest absolute Gasteiger partial charge is 0.336 e. The molecule has 0 saturated heterocycles. The van der Waals surface area contributed by atoms with Crippen molar-refractivity contribution in [3.8, 4) is 5.75 Å². The molecule has 0 spiro atoms. The van der Waals surface area contributed by atoms with E-state index in [2.05, 4.69) is 12.2 Å². The van der Waals surface area contributed by atoms with Crippen LogP contribution in [0.1, 0.15) is 38.7 Å². The number of nitrogens with one attached hydrogen (secondary N) is 1. The van der Waals surface area contributed by atoms with Crippen molar-refractivity contribution in [2.24, 2.45) is 0 Å². The van der Waals surface area contributed by atoms with Crippen LogP contribution in [0.5, 0.6) is 5.75 Å². The summed E-state index contributed by atoms with van der Waals surface area (Å²) < 4.78 is 10.8. The van der Waals surface area contributed by atoms with Gasteiger partial charge in [0, 0.05) is 24.1 Å². The van der Waals surface area contributed by atoms with Crippen molar-refractivity contribution in [3.63, 3.8) is 0 Å². The third-order valence-electron chi connectivity index (χ3n) is 3.68. The second kappa shape index (κ2) is 7.81. The topological polar surface area (TPSA) is 68.5 Å². The highest BCUT2D eigenvalue weighted by atomic mass is 16.5. The van der Waals surface area contributed by atoms with E-state index in [-0.39, 0.29) is 5.91 Å². The minimum atomic E-state index is -0.606. The van der Waals surface area contributed by atoms with Crippen molar-refractivity contribution in [2.45, 2.75) is 46.1 Å². The number of carbonyl (C=O) groups is 1. The zero-order valence-corrected chi connectivity index (χ0v) is 13.8. The maximum atomic E-state index is 12.0. The average molecular weight is 317 g/mol. The van der Waals surface area contributed by atoms with E-state index in [1.807, 2.05) is 13.0 Å². The van der Waals surface area contributed by atoms with Crippen molar-refractivity contribution in [1.29, 1.82) is 0 Å². The molecule has 5 heteroatoms. The Morgan fingerprint density at radius 3 is 2.83 bits per heavy atom. The van der Waals surface area contributed by atoms with Gasteiger partial charge < -0.3 is 14.5 Å². The number of carbonyl (C=O) groups excluding carboxylic acids is 1. The number of fused-ring (bicyclic) bond motifs is 1. The molecule has 5 nitrogen and oxygen atoms in total. The number of amides is 1. The van der Waals surface area contributed by atoms with Gasteiger partial charge in [-0.1, -0.05) is 19.8 Å². The maximum absolute atomic E-state index is 12.0. The van der Waals surface area contributed by atoms with Gasteiger partial charge in [0.05, 0.1) is 0 Å². The Bertz CT molecular complexity index is 735. The van der Waals surface area contributed by atoms with E-state index in [4.69, 9.17) is 9.15 Å². The summed E-state index contributed by atoms with van der Waals surface area (Å²) in [6.07, 6.45) is 2.57. The Kier molecular flexibility index (Phi) is 5.79. The zero-order valence-electron chi connectivity index (χ0n) is 13.8. The van der Waals surface area contributed by atoms with Crippen LogP contribution in [0.25, 0.3) is 11.0 Å². The van der Waals surface area contributed by atoms with Gasteiger partial charge in [-0.2, -0.15) is 0 Å². The van der Waals surface area contributed by atoms with Crippen LogP contribution in [-0.4, -0.2) is 18.6 Å². The van der Waals surface area contributed by atoms with Crippen LogP contribution in [0.15, 0.2) is 33.5 Å². The largest absolute Gasteiger partial charge is 0.481 e. The van der Waals surface area contributed by atoms with Crippen molar-refractivity contribution in [2.75, 3.05) is 6.54 Å². The quantitative estimate of drug-likeness (QED) is 0.629. The molecule has 0 aliphatic heterocycles. The van der Waals surface area contributed by atoms with Crippen molar-refractivity contribution in [3.05, 3.63) is 40.2 Å². The van der Waals surface area contributed by atoms with Crippen molar-refractivity contribution < 1.29 is 13.9 Å². The summed E-state index contributed by atoms with van der Waals surface area (Å²) in [5, 5.41) is 3.71. The normalized spacial score (nSPS) is 12.1. The molecular formula is C18H23NO4. The molecule has 1 N–H and O–H groups in total. The van der Waals surface area contributed by atoms with Gasteiger partial charge >= 0.3 is 5.63 Å². The van der Waals surface area contributed by atoms with Crippen LogP contribution in [0.4, 0.5) is 0 Å². The van der Waals surface area contributed by atoms with Gasteiger partial charge in [-0.15, -0.1) is 0 Å². The Morgan fingerprint density at radius 2 is 2.09 bits per heavy atom. The maximum Gasteiger partial charge on any atom is 0.336 e. The lowest BCUT2D eigenvalue weighted by Crippen LogP contribution is -2.36. The molecule has 1 amide bonds. The molecule has 1 aromatic carbocycles. The van der Waals surface area contributed by atoms with Crippen LogP contribution >= 0.6 is 0 Å². The number of hydrogen-bond donors (Lipinski definition) is 1. The molecule has 0 fully saturated rings. The standard InChI is InChI=1S/C18H23NO4/c1-4-5-6-9-19-18(21)13(3)22-14-7-8-15-12(2)10-17(20)23-16(15)11-14/h7-8,10-11,13H,4-6,9H2,1-3H3,(H,19,21). The summed E-state index contributed by atoms with van der Waals surface area (Å²) in [4.78, 5) is 23.4. The summed E-state index contributed by atoms with van der Waals surface area (Å²) >= 11 is 0. The van der Waals surface area contributed by atoms with Gasteiger partial charge in [0.25, 0.3) is 5.91 Å². The summed E-state index contributed by atoms with van der Waals surface area (Å²) in [7, 11) is 0. The second-order valence-corrected chi connectivity index (χ2v) is 5.66. The van der Waals surface area contributed by atoms with Crippen molar-refractivity contribution in [1.82, 2.24) is 5.32 Å². The van der Waals surface area contributed by atoms with E-state index in [0.717, 1.165) is 30.2 Å². The van der Waals surface area contributed by atoms with Gasteiger partial charge in [0.2, 0.25) is 0 Å². The van der Waals surface area contributed by atoms with Crippen molar-refractivity contribution >= 4 is 16.9 Å². The van der Waals surface area contributed by atoms with Crippen LogP contribution in [0.2, 0.25) is 0 Å². The van der Waals surface area contributed by atoms with E-state index in [1.54, 1.807) is 19.1 Å². The summed E-state index contributed by atoms with van der Waals surface area (Å²) in [6, 6.07) is 6.70. The second-order valence-electron chi connectivity index (χ2n) is 5.66. The third-order valence-corrected chi connectivity index (χ3v) is 3.68. The van der Waals surface area contributed by atoms with Crippen LogP contribution in [0.3, 0.4) is 0 Å². The van der Waals surface area contributed by atoms with E-state index in [0.29, 0.717) is 17.9 Å². The minimum Gasteiger partial charge on any atom is -0.481 e. The van der Waals surface area contributed by atoms with E-state index in [1.165, 1.54) is 6.07 Å². The molecule has 1 heterocycles. The minimum absolute atomic E-state index is 0.146. The van der Waals surface area contributed by atoms with Gasteiger partial charge in [0.1, 0.15) is 11.3 Å². The fraction of sp³-hybridized carbons (Fsp3) is 0.444. The first-order valence-electron chi connectivity index (χ1n) is 8.00. The highest BCUT2D eigenvalue weighted by molar-refractivity contribution is 5.82. The molecule has 2 rings (SSSR count). The molecule has 0 aliphatic rings. The van der Waals surface area contributed by atoms with Gasteiger partial charge in [-0.3, -0.25) is 4.79 Å². The molecule has 0 bridgehead atoms. The summed E-state index contributed by atoms with van der Waals surface area (Å²) in [5.41, 5.74) is 0.918. The number of aryl methyl sites for hydroxylation is 1. The summed E-state index contributed by atoms with van der Waals surface area (Å²) in [6.45, 7) is 6.33. The molecule has 2 aromatic rings. The Labute approximate surface area is 135 Å². The summed E-state index contributed by atoms with van der Waals surface area (Å²) in [5.74, 6) is 0.356. The average Bonchev–Trinajstić information content (AvgIpc) is 2.50. The number of benzene rings is 1. The number of ether oxygens (including phenoxy) is 1. The highest BCUT2D eigenvalue weighted by Gasteiger charge is 2.14. The molecule has 1 atom stereocenters. The lowest BCUT2D eigenvalue weighted by molar-refractivity contribution is -0.127. The number of unbranched alkanes of at least 4 members (excludes halogenated alkanes) is 2. The Hall–Kier alpha value is -2.30. The van der Waals surface area contributed by atoms with Gasteiger partial charge in [-0.25, -0.2) is 4.79 Å². The van der Waals surface area contributed by atoms with Gasteiger partial charge in [-0.05, 0) is 38.0 Å². The first kappa shape index (κ1) is 17.1. The van der Waals surface area contributed by atoms with Crippen LogP contribution < -0.4 is 15.7 Å². The lowest BCUT2D eigenvalue weighted by Gasteiger charge is -2.15. The highest BCUT2D eigenvalue weighted by Crippen LogP contribution is 2.22. The predicted molar refractivity (Wildman–Crippen MR) is 89.8 cm³/mol. The van der Waals surface area contributed by atoms with Crippen LogP contribution in [-0.2, 0) is 4.79 Å². The molecule has 0 aliphatic carbocycles. The van der Waals surface area contributed by atoms with E-state index in [9.17, 15) is 9.59 Å². The number of hydrogen-bond acceptors (Lipinski definition) is 4. The Morgan fingerprint density at radius 1 is 1.30 bits per heavy atom. The van der Waals surface area contributed by atoms with E-state index >= 15 is 0 Å². The monoisotopic (exact) mass is 317 g/mol. The molecular weight excluding hydrogens is 294 g/mol. The fourth-order valence-corrected chi connectivity index (χ4v) is 2.37. The first-order chi connectivity index (χ1) is 11.0. The SMILES string of the molecule is CCCCCNC(=O)C(C)Oc1ccc2c(C)cc(=O)oc2c1. The fourth-order valence-electron chi connectivity index (χ4n) is 2.37. The predicted octanol–water partition coefficient (Wildman–Crippen LogP) is 3.18.